The average molecular weight is 532 g/mol. The number of aliphatic hydroxyl groups is 1. The minimum Gasteiger partial charge on any atom is -0.394 e. The lowest BCUT2D eigenvalue weighted by Crippen LogP contribution is -2.59. The van der Waals surface area contributed by atoms with Crippen LogP contribution in [0, 0.1) is 11.8 Å². The number of hydrogen-bond acceptors (Lipinski definition) is 5. The molecule has 4 fully saturated rings. The third-order valence-corrected chi connectivity index (χ3v) is 11.1. The first-order valence-electron chi connectivity index (χ1n) is 14.3. The van der Waals surface area contributed by atoms with E-state index in [1.54, 1.807) is 28.8 Å². The summed E-state index contributed by atoms with van der Waals surface area (Å²) in [6, 6.07) is -0.945. The van der Waals surface area contributed by atoms with Crippen molar-refractivity contribution in [2.75, 3.05) is 26.2 Å². The molecular formula is C29H45N3O4S. The van der Waals surface area contributed by atoms with Crippen molar-refractivity contribution in [2.24, 2.45) is 11.8 Å². The summed E-state index contributed by atoms with van der Waals surface area (Å²) in [7, 11) is 0. The second-order valence-electron chi connectivity index (χ2n) is 11.2. The third-order valence-electron chi connectivity index (χ3n) is 9.11. The molecule has 1 aliphatic carbocycles. The topological polar surface area (TPSA) is 81.2 Å². The summed E-state index contributed by atoms with van der Waals surface area (Å²) in [5.74, 6) is -1.09. The van der Waals surface area contributed by atoms with E-state index < -0.39 is 28.7 Å². The molecule has 0 aromatic rings. The molecule has 7 nitrogen and oxygen atoms in total. The van der Waals surface area contributed by atoms with E-state index in [9.17, 15) is 19.5 Å². The van der Waals surface area contributed by atoms with Crippen LogP contribution in [0.1, 0.15) is 71.6 Å². The lowest BCUT2D eigenvalue weighted by Gasteiger charge is -2.42. The molecule has 206 valence electrons. The standard InChI is InChI=1S/C29H45N3O4S/c1-5-16-30(17-6-2)26(34)23-22-14-15-29(37-22)24(23)27(35)32(20(8-4)19-33)25(29)28(36)31(18-7-3)21-12-10-9-11-13-21/h5,7,20-25,33H,1,3,6,8-19H2,2,4H3/t20-,22+,23-,24-,25?,29?/m0/s1. The Kier molecular flexibility index (Phi) is 9.10. The number of rotatable bonds is 12. The number of hydrogen-bond donors (Lipinski definition) is 1. The molecule has 3 amide bonds. The fraction of sp³-hybridized carbons (Fsp3) is 0.759. The van der Waals surface area contributed by atoms with Gasteiger partial charge >= 0.3 is 0 Å². The van der Waals surface area contributed by atoms with Gasteiger partial charge in [0, 0.05) is 30.9 Å². The van der Waals surface area contributed by atoms with Gasteiger partial charge in [-0.25, -0.2) is 0 Å². The molecule has 1 spiro atoms. The average Bonchev–Trinajstić information content (AvgIpc) is 3.55. The second kappa shape index (κ2) is 11.9. The molecule has 8 heteroatoms. The Morgan fingerprint density at radius 3 is 2.43 bits per heavy atom. The number of carbonyl (C=O) groups excluding carboxylic acids is 3. The van der Waals surface area contributed by atoms with E-state index in [0.29, 0.717) is 26.1 Å². The van der Waals surface area contributed by atoms with Crippen LogP contribution < -0.4 is 0 Å². The highest BCUT2D eigenvalue weighted by molar-refractivity contribution is 8.02. The number of aliphatic hydroxyl groups excluding tert-OH is 1. The molecule has 0 aromatic carbocycles. The number of likely N-dealkylation sites (tertiary alicyclic amines) is 1. The summed E-state index contributed by atoms with van der Waals surface area (Å²) in [6.07, 6.45) is 11.8. The molecule has 1 saturated carbocycles. The first kappa shape index (κ1) is 28.2. The van der Waals surface area contributed by atoms with Crippen LogP contribution >= 0.6 is 11.8 Å². The van der Waals surface area contributed by atoms with E-state index in [4.69, 9.17) is 0 Å². The molecule has 2 bridgehead atoms. The third kappa shape index (κ3) is 4.77. The fourth-order valence-electron chi connectivity index (χ4n) is 7.49. The van der Waals surface area contributed by atoms with Crippen molar-refractivity contribution in [3.63, 3.8) is 0 Å². The van der Waals surface area contributed by atoms with Crippen LogP contribution in [0.4, 0.5) is 0 Å². The van der Waals surface area contributed by atoms with Gasteiger partial charge in [-0.05, 0) is 38.5 Å². The SMILES string of the molecule is C=CCN(CCC)C(=O)[C@@H]1[C@H]2C(=O)N([C@@H](CC)CO)C(C(=O)N(CC=C)C3CCCCC3)C23CC[C@H]1S3. The Morgan fingerprint density at radius 1 is 1.14 bits per heavy atom. The van der Waals surface area contributed by atoms with Crippen molar-refractivity contribution >= 4 is 29.5 Å². The van der Waals surface area contributed by atoms with Crippen LogP contribution in [0.25, 0.3) is 0 Å². The van der Waals surface area contributed by atoms with Crippen LogP contribution in [0.3, 0.4) is 0 Å². The maximum Gasteiger partial charge on any atom is 0.247 e. The van der Waals surface area contributed by atoms with Crippen molar-refractivity contribution in [3.8, 4) is 0 Å². The van der Waals surface area contributed by atoms with E-state index in [-0.39, 0.29) is 35.6 Å². The molecule has 37 heavy (non-hydrogen) atoms. The van der Waals surface area contributed by atoms with Gasteiger partial charge in [-0.2, -0.15) is 0 Å². The highest BCUT2D eigenvalue weighted by Crippen LogP contribution is 2.67. The smallest absolute Gasteiger partial charge is 0.247 e. The Balaban J connectivity index is 1.75. The minimum atomic E-state index is -0.657. The Labute approximate surface area is 226 Å². The van der Waals surface area contributed by atoms with Crippen molar-refractivity contribution in [1.29, 1.82) is 0 Å². The second-order valence-corrected chi connectivity index (χ2v) is 12.8. The van der Waals surface area contributed by atoms with Gasteiger partial charge in [-0.1, -0.05) is 45.3 Å². The van der Waals surface area contributed by atoms with Crippen molar-refractivity contribution in [1.82, 2.24) is 14.7 Å². The summed E-state index contributed by atoms with van der Waals surface area (Å²) >= 11 is 1.71. The van der Waals surface area contributed by atoms with Gasteiger partial charge in [-0.3, -0.25) is 14.4 Å². The van der Waals surface area contributed by atoms with Crippen molar-refractivity contribution in [2.45, 2.75) is 99.8 Å². The van der Waals surface area contributed by atoms with Gasteiger partial charge in [0.1, 0.15) is 6.04 Å². The fourth-order valence-corrected chi connectivity index (χ4v) is 9.69. The van der Waals surface area contributed by atoms with Gasteiger partial charge in [0.05, 0.1) is 29.2 Å². The molecule has 4 aliphatic rings. The van der Waals surface area contributed by atoms with Gasteiger partial charge in [0.25, 0.3) is 0 Å². The quantitative estimate of drug-likeness (QED) is 0.389. The minimum absolute atomic E-state index is 0.0134. The van der Waals surface area contributed by atoms with Crippen LogP contribution in [0.15, 0.2) is 25.3 Å². The highest BCUT2D eigenvalue weighted by Gasteiger charge is 2.74. The first-order chi connectivity index (χ1) is 17.9. The lowest BCUT2D eigenvalue weighted by molar-refractivity contribution is -0.148. The molecule has 3 aliphatic heterocycles. The zero-order valence-electron chi connectivity index (χ0n) is 22.6. The summed E-state index contributed by atoms with van der Waals surface area (Å²) in [5.41, 5.74) is 0. The predicted molar refractivity (Wildman–Crippen MR) is 148 cm³/mol. The number of carbonyl (C=O) groups is 3. The van der Waals surface area contributed by atoms with Gasteiger partial charge < -0.3 is 19.8 Å². The largest absolute Gasteiger partial charge is 0.394 e. The lowest BCUT2D eigenvalue weighted by atomic mass is 9.70. The van der Waals surface area contributed by atoms with E-state index in [2.05, 4.69) is 13.2 Å². The van der Waals surface area contributed by atoms with E-state index in [1.165, 1.54) is 6.42 Å². The molecule has 4 rings (SSSR count). The zero-order chi connectivity index (χ0) is 26.7. The number of thioether (sulfide) groups is 1. The zero-order valence-corrected chi connectivity index (χ0v) is 23.5. The van der Waals surface area contributed by atoms with Crippen LogP contribution in [-0.4, -0.2) is 91.9 Å². The van der Waals surface area contributed by atoms with Gasteiger partial charge in [0.15, 0.2) is 0 Å². The van der Waals surface area contributed by atoms with Gasteiger partial charge in [0.2, 0.25) is 17.7 Å². The predicted octanol–water partition coefficient (Wildman–Crippen LogP) is 3.62. The molecule has 0 radical (unpaired) electrons. The van der Waals surface area contributed by atoms with Crippen molar-refractivity contribution in [3.05, 3.63) is 25.3 Å². The monoisotopic (exact) mass is 531 g/mol. The normalized spacial score (nSPS) is 31.8. The van der Waals surface area contributed by atoms with E-state index in [0.717, 1.165) is 44.9 Å². The maximum absolute atomic E-state index is 14.5. The Hall–Kier alpha value is -1.80. The number of fused-ring (bicyclic) bond motifs is 1. The molecule has 2 unspecified atom stereocenters. The number of amides is 3. The summed E-state index contributed by atoms with van der Waals surface area (Å²) in [4.78, 5) is 48.2. The summed E-state index contributed by atoms with van der Waals surface area (Å²) < 4.78 is -0.623. The Morgan fingerprint density at radius 2 is 1.84 bits per heavy atom. The van der Waals surface area contributed by atoms with E-state index >= 15 is 0 Å². The molecule has 0 aromatic heterocycles. The molecular weight excluding hydrogens is 486 g/mol. The summed E-state index contributed by atoms with van der Waals surface area (Å²) in [6.45, 7) is 13.1. The van der Waals surface area contributed by atoms with E-state index in [1.807, 2.05) is 23.6 Å². The van der Waals surface area contributed by atoms with Gasteiger partial charge in [-0.15, -0.1) is 24.9 Å². The molecule has 6 atom stereocenters. The molecule has 3 saturated heterocycles. The van der Waals surface area contributed by atoms with Crippen LogP contribution in [0.5, 0.6) is 0 Å². The maximum atomic E-state index is 14.5. The van der Waals surface area contributed by atoms with Crippen molar-refractivity contribution < 1.29 is 19.5 Å². The number of nitrogens with zero attached hydrogens (tertiary/aromatic N) is 3. The first-order valence-corrected chi connectivity index (χ1v) is 15.2. The van der Waals surface area contributed by atoms with Crippen LogP contribution in [-0.2, 0) is 14.4 Å². The molecule has 3 heterocycles. The Bertz CT molecular complexity index is 886. The van der Waals surface area contributed by atoms with Crippen LogP contribution in [0.2, 0.25) is 0 Å². The molecule has 1 N–H and O–H groups in total. The summed E-state index contributed by atoms with van der Waals surface area (Å²) in [5, 5.41) is 10.3. The highest BCUT2D eigenvalue weighted by atomic mass is 32.2.